The highest BCUT2D eigenvalue weighted by Gasteiger charge is 2.20. The molecule has 1 heterocycles. The van der Waals surface area contributed by atoms with Crippen molar-refractivity contribution in [3.8, 4) is 0 Å². The fraction of sp³-hybridized carbons (Fsp3) is 0.261. The largest absolute Gasteiger partial charge is 0.328 e. The van der Waals surface area contributed by atoms with Crippen LogP contribution < -0.4 is 4.90 Å². The van der Waals surface area contributed by atoms with Crippen LogP contribution >= 0.6 is 23.2 Å². The van der Waals surface area contributed by atoms with Crippen LogP contribution in [0.1, 0.15) is 18.1 Å². The summed E-state index contributed by atoms with van der Waals surface area (Å²) in [7, 11) is 0. The molecule has 1 N–H and O–H groups in total. The molecule has 0 spiro atoms. The quantitative estimate of drug-likeness (QED) is 0.634. The van der Waals surface area contributed by atoms with Gasteiger partial charge in [0.2, 0.25) is 0 Å². The summed E-state index contributed by atoms with van der Waals surface area (Å²) in [6.45, 7) is 7.17. The Morgan fingerprint density at radius 1 is 0.964 bits per heavy atom. The molecule has 0 bridgehead atoms. The standard InChI is InChI=1S/C23H23Cl2N3/c1-17(19-9-10-22(24)23(25)15-19)26-28-13-11-27(12-14-28)16-20-7-4-6-18-5-2-3-8-21(18)20/h2-10,15H,11-14,16H2,1H3/p+1/b26-17-. The van der Waals surface area contributed by atoms with E-state index in [-0.39, 0.29) is 0 Å². The van der Waals surface area contributed by atoms with Gasteiger partial charge in [-0.25, -0.2) is 0 Å². The molecule has 0 saturated carbocycles. The molecule has 0 aromatic heterocycles. The van der Waals surface area contributed by atoms with Crippen molar-refractivity contribution in [2.75, 3.05) is 26.2 Å². The number of benzene rings is 3. The summed E-state index contributed by atoms with van der Waals surface area (Å²) >= 11 is 12.1. The van der Waals surface area contributed by atoms with E-state index in [1.807, 2.05) is 25.1 Å². The molecule has 1 saturated heterocycles. The lowest BCUT2D eigenvalue weighted by Gasteiger charge is -2.31. The Morgan fingerprint density at radius 3 is 2.50 bits per heavy atom. The maximum Gasteiger partial charge on any atom is 0.104 e. The van der Waals surface area contributed by atoms with Crippen LogP contribution in [0.2, 0.25) is 10.0 Å². The molecule has 0 radical (unpaired) electrons. The Labute approximate surface area is 176 Å². The smallest absolute Gasteiger partial charge is 0.104 e. The van der Waals surface area contributed by atoms with Crippen molar-refractivity contribution in [2.45, 2.75) is 13.5 Å². The van der Waals surface area contributed by atoms with Gasteiger partial charge in [-0.3, -0.25) is 5.01 Å². The van der Waals surface area contributed by atoms with Crippen molar-refractivity contribution in [1.29, 1.82) is 0 Å². The fourth-order valence-electron chi connectivity index (χ4n) is 3.79. The normalized spacial score (nSPS) is 16.0. The zero-order valence-electron chi connectivity index (χ0n) is 16.0. The minimum atomic E-state index is 0.568. The maximum absolute atomic E-state index is 6.13. The van der Waals surface area contributed by atoms with Crippen LogP contribution in [0.3, 0.4) is 0 Å². The molecule has 4 rings (SSSR count). The molecule has 0 amide bonds. The van der Waals surface area contributed by atoms with E-state index in [0.717, 1.165) is 44.0 Å². The van der Waals surface area contributed by atoms with E-state index < -0.39 is 0 Å². The first kappa shape index (κ1) is 19.3. The lowest BCUT2D eigenvalue weighted by atomic mass is 10.0. The summed E-state index contributed by atoms with van der Waals surface area (Å²) in [5.74, 6) is 0. The van der Waals surface area contributed by atoms with Gasteiger partial charge in [-0.1, -0.05) is 71.7 Å². The minimum absolute atomic E-state index is 0.568. The number of quaternary nitrogens is 1. The average molecular weight is 413 g/mol. The van der Waals surface area contributed by atoms with Crippen molar-refractivity contribution >= 4 is 39.7 Å². The summed E-state index contributed by atoms with van der Waals surface area (Å²) in [5.41, 5.74) is 3.41. The third kappa shape index (κ3) is 4.33. The van der Waals surface area contributed by atoms with E-state index in [4.69, 9.17) is 28.3 Å². The molecule has 1 fully saturated rings. The number of fused-ring (bicyclic) bond motifs is 1. The minimum Gasteiger partial charge on any atom is -0.328 e. The van der Waals surface area contributed by atoms with Crippen molar-refractivity contribution < 1.29 is 4.90 Å². The Kier molecular flexibility index (Phi) is 5.86. The van der Waals surface area contributed by atoms with Crippen LogP contribution in [-0.4, -0.2) is 36.9 Å². The van der Waals surface area contributed by atoms with Gasteiger partial charge in [0, 0.05) is 5.56 Å². The lowest BCUT2D eigenvalue weighted by Crippen LogP contribution is -3.13. The van der Waals surface area contributed by atoms with E-state index >= 15 is 0 Å². The van der Waals surface area contributed by atoms with Gasteiger partial charge < -0.3 is 4.90 Å². The third-order valence-corrected chi connectivity index (χ3v) is 6.14. The fourth-order valence-corrected chi connectivity index (χ4v) is 4.09. The van der Waals surface area contributed by atoms with E-state index in [0.29, 0.717) is 10.0 Å². The Bertz CT molecular complexity index is 1000. The van der Waals surface area contributed by atoms with E-state index in [1.54, 1.807) is 4.90 Å². The van der Waals surface area contributed by atoms with Gasteiger partial charge in [-0.05, 0) is 35.4 Å². The van der Waals surface area contributed by atoms with Gasteiger partial charge in [-0.15, -0.1) is 0 Å². The highest BCUT2D eigenvalue weighted by molar-refractivity contribution is 6.42. The summed E-state index contributed by atoms with van der Waals surface area (Å²) < 4.78 is 0. The molecule has 3 aromatic rings. The topological polar surface area (TPSA) is 20.0 Å². The first-order chi connectivity index (χ1) is 13.6. The van der Waals surface area contributed by atoms with E-state index in [1.165, 1.54) is 16.3 Å². The second-order valence-corrected chi connectivity index (χ2v) is 8.15. The second-order valence-electron chi connectivity index (χ2n) is 7.33. The summed E-state index contributed by atoms with van der Waals surface area (Å²) in [5, 5.41) is 10.8. The highest BCUT2D eigenvalue weighted by atomic mass is 35.5. The van der Waals surface area contributed by atoms with Gasteiger partial charge in [0.1, 0.15) is 6.54 Å². The van der Waals surface area contributed by atoms with Gasteiger partial charge in [0.05, 0.1) is 41.9 Å². The molecule has 1 aliphatic heterocycles. The van der Waals surface area contributed by atoms with Crippen LogP contribution in [0.4, 0.5) is 0 Å². The van der Waals surface area contributed by atoms with Gasteiger partial charge in [0.15, 0.2) is 0 Å². The monoisotopic (exact) mass is 412 g/mol. The van der Waals surface area contributed by atoms with Crippen LogP contribution in [0.25, 0.3) is 10.8 Å². The molecule has 0 aliphatic carbocycles. The Balaban J connectivity index is 1.39. The molecule has 5 heteroatoms. The van der Waals surface area contributed by atoms with Crippen molar-refractivity contribution in [3.63, 3.8) is 0 Å². The third-order valence-electron chi connectivity index (χ3n) is 5.40. The molecule has 0 unspecified atom stereocenters. The van der Waals surface area contributed by atoms with Crippen molar-refractivity contribution in [1.82, 2.24) is 5.01 Å². The Morgan fingerprint density at radius 2 is 1.71 bits per heavy atom. The summed E-state index contributed by atoms with van der Waals surface area (Å²) in [4.78, 5) is 1.61. The Hall–Kier alpha value is -2.07. The first-order valence-electron chi connectivity index (χ1n) is 9.66. The number of nitrogens with zero attached hydrogens (tertiary/aromatic N) is 2. The van der Waals surface area contributed by atoms with Crippen molar-refractivity contribution in [3.05, 3.63) is 81.8 Å². The number of piperazine rings is 1. The first-order valence-corrected chi connectivity index (χ1v) is 10.4. The lowest BCUT2D eigenvalue weighted by molar-refractivity contribution is -0.918. The number of hydrogen-bond acceptors (Lipinski definition) is 2. The summed E-state index contributed by atoms with van der Waals surface area (Å²) in [6.07, 6.45) is 0. The molecule has 144 valence electrons. The number of nitrogens with one attached hydrogen (secondary N) is 1. The van der Waals surface area contributed by atoms with Gasteiger partial charge in [0.25, 0.3) is 0 Å². The molecular weight excluding hydrogens is 389 g/mol. The van der Waals surface area contributed by atoms with Crippen LogP contribution in [-0.2, 0) is 6.54 Å². The number of hydrogen-bond donors (Lipinski definition) is 1. The molecule has 3 aromatic carbocycles. The predicted octanol–water partition coefficient (Wildman–Crippen LogP) is 4.27. The molecule has 1 aliphatic rings. The van der Waals surface area contributed by atoms with Crippen LogP contribution in [0.15, 0.2) is 65.8 Å². The van der Waals surface area contributed by atoms with E-state index in [2.05, 4.69) is 47.5 Å². The average Bonchev–Trinajstić information content (AvgIpc) is 2.72. The zero-order chi connectivity index (χ0) is 19.5. The SMILES string of the molecule is C/C(=N/N1CC[NH+](Cc2cccc3ccccc23)CC1)c1ccc(Cl)c(Cl)c1. The molecule has 0 atom stereocenters. The molecule has 28 heavy (non-hydrogen) atoms. The molecule has 3 nitrogen and oxygen atoms in total. The number of halogens is 2. The second kappa shape index (κ2) is 8.52. The summed E-state index contributed by atoms with van der Waals surface area (Å²) in [6, 6.07) is 20.9. The van der Waals surface area contributed by atoms with E-state index in [9.17, 15) is 0 Å². The highest BCUT2D eigenvalue weighted by Crippen LogP contribution is 2.23. The number of hydrazone groups is 1. The van der Waals surface area contributed by atoms with Gasteiger partial charge >= 0.3 is 0 Å². The number of rotatable bonds is 4. The van der Waals surface area contributed by atoms with Crippen LogP contribution in [0, 0.1) is 0 Å². The van der Waals surface area contributed by atoms with Crippen molar-refractivity contribution in [2.24, 2.45) is 5.10 Å². The predicted molar refractivity (Wildman–Crippen MR) is 119 cm³/mol. The van der Waals surface area contributed by atoms with Gasteiger partial charge in [-0.2, -0.15) is 5.10 Å². The maximum atomic E-state index is 6.13. The zero-order valence-corrected chi connectivity index (χ0v) is 17.5. The molecular formula is C23H24Cl2N3+. The van der Waals surface area contributed by atoms with Crippen LogP contribution in [0.5, 0.6) is 0 Å².